The maximum atomic E-state index is 12.4. The van der Waals surface area contributed by atoms with Crippen molar-refractivity contribution in [2.24, 2.45) is 0 Å². The average Bonchev–Trinajstić information content (AvgIpc) is 2.00. The molecule has 0 atom stereocenters. The number of halogens is 2. The molecule has 0 saturated carbocycles. The Morgan fingerprint density at radius 3 is 2.55 bits per heavy atom. The third kappa shape index (κ3) is 4.52. The van der Waals surface area contributed by atoms with Crippen molar-refractivity contribution in [3.63, 3.8) is 0 Å². The van der Waals surface area contributed by atoms with Crippen molar-refractivity contribution in [3.8, 4) is 0 Å². The van der Waals surface area contributed by atoms with Crippen LogP contribution in [0.4, 0.5) is 13.6 Å². The zero-order valence-corrected chi connectivity index (χ0v) is 6.49. The van der Waals surface area contributed by atoms with Gasteiger partial charge in [-0.05, 0) is 0 Å². The normalized spacial score (nSPS) is 10.9. The quantitative estimate of drug-likeness (QED) is 0.689. The molecule has 0 aliphatic carbocycles. The van der Waals surface area contributed by atoms with Gasteiger partial charge < -0.3 is 10.1 Å². The number of nitrogens with one attached hydrogen (secondary N) is 1. The van der Waals surface area contributed by atoms with Crippen molar-refractivity contribution in [3.05, 3.63) is 0 Å². The molecule has 0 aromatic carbocycles. The topological polar surface area (TPSA) is 38.3 Å². The number of hydrogen-bond donors (Lipinski definition) is 1. The maximum Gasteiger partial charge on any atom is 0.407 e. The summed E-state index contributed by atoms with van der Waals surface area (Å²) in [6.07, 6.45) is -1.13. The standard InChI is InChI=1S/C6H11F2NO2/c1-3-6(7,8)4-9-5(10)11-2/h3-4H2,1-2H3,(H,9,10). The molecule has 0 radical (unpaired) electrons. The van der Waals surface area contributed by atoms with Gasteiger partial charge in [0.25, 0.3) is 5.92 Å². The second kappa shape index (κ2) is 4.10. The lowest BCUT2D eigenvalue weighted by atomic mass is 10.3. The number of rotatable bonds is 3. The molecule has 66 valence electrons. The fourth-order valence-corrected chi connectivity index (χ4v) is 0.399. The first kappa shape index (κ1) is 10.1. The van der Waals surface area contributed by atoms with Gasteiger partial charge in [0.05, 0.1) is 13.7 Å². The average molecular weight is 167 g/mol. The summed E-state index contributed by atoms with van der Waals surface area (Å²) in [5.74, 6) is -2.84. The largest absolute Gasteiger partial charge is 0.453 e. The van der Waals surface area contributed by atoms with Gasteiger partial charge in [-0.15, -0.1) is 0 Å². The van der Waals surface area contributed by atoms with E-state index in [-0.39, 0.29) is 6.42 Å². The Labute approximate surface area is 63.7 Å². The van der Waals surface area contributed by atoms with E-state index >= 15 is 0 Å². The van der Waals surface area contributed by atoms with Gasteiger partial charge >= 0.3 is 6.09 Å². The van der Waals surface area contributed by atoms with Gasteiger partial charge in [-0.3, -0.25) is 0 Å². The van der Waals surface area contributed by atoms with Crippen molar-refractivity contribution >= 4 is 6.09 Å². The summed E-state index contributed by atoms with van der Waals surface area (Å²) >= 11 is 0. The fraction of sp³-hybridized carbons (Fsp3) is 0.833. The van der Waals surface area contributed by atoms with Crippen LogP contribution < -0.4 is 5.32 Å². The molecule has 0 aliphatic rings. The van der Waals surface area contributed by atoms with Crippen LogP contribution in [0.1, 0.15) is 13.3 Å². The Balaban J connectivity index is 3.61. The van der Waals surface area contributed by atoms with Gasteiger partial charge in [-0.1, -0.05) is 6.92 Å². The molecule has 0 fully saturated rings. The zero-order valence-electron chi connectivity index (χ0n) is 6.49. The van der Waals surface area contributed by atoms with Crippen molar-refractivity contribution < 1.29 is 18.3 Å². The Morgan fingerprint density at radius 2 is 2.18 bits per heavy atom. The highest BCUT2D eigenvalue weighted by atomic mass is 19.3. The molecular formula is C6H11F2NO2. The number of methoxy groups -OCH3 is 1. The second-order valence-corrected chi connectivity index (χ2v) is 2.05. The van der Waals surface area contributed by atoms with E-state index in [0.717, 1.165) is 7.11 Å². The molecule has 0 saturated heterocycles. The van der Waals surface area contributed by atoms with Crippen LogP contribution in [0.2, 0.25) is 0 Å². The molecule has 0 aromatic rings. The molecule has 1 N–H and O–H groups in total. The Bertz CT molecular complexity index is 139. The summed E-state index contributed by atoms with van der Waals surface area (Å²) < 4.78 is 28.9. The van der Waals surface area contributed by atoms with Gasteiger partial charge in [-0.25, -0.2) is 13.6 Å². The predicted molar refractivity (Wildman–Crippen MR) is 35.6 cm³/mol. The lowest BCUT2D eigenvalue weighted by Gasteiger charge is -2.13. The first-order chi connectivity index (χ1) is 5.02. The number of carbonyl (C=O) groups is 1. The van der Waals surface area contributed by atoms with Crippen molar-refractivity contribution in [1.29, 1.82) is 0 Å². The third-order valence-corrected chi connectivity index (χ3v) is 1.19. The smallest absolute Gasteiger partial charge is 0.407 e. The molecule has 11 heavy (non-hydrogen) atoms. The van der Waals surface area contributed by atoms with E-state index in [2.05, 4.69) is 4.74 Å². The van der Waals surface area contributed by atoms with Gasteiger partial charge in [0.15, 0.2) is 0 Å². The summed E-state index contributed by atoms with van der Waals surface area (Å²) in [4.78, 5) is 10.3. The van der Waals surface area contributed by atoms with E-state index in [4.69, 9.17) is 0 Å². The summed E-state index contributed by atoms with van der Waals surface area (Å²) in [5, 5.41) is 1.91. The van der Waals surface area contributed by atoms with Crippen LogP contribution in [0.15, 0.2) is 0 Å². The number of alkyl carbamates (subject to hydrolysis) is 1. The Morgan fingerprint density at radius 1 is 1.64 bits per heavy atom. The molecule has 0 spiro atoms. The highest BCUT2D eigenvalue weighted by Gasteiger charge is 2.26. The molecule has 1 amide bonds. The number of ether oxygens (including phenoxy) is 1. The molecule has 0 aromatic heterocycles. The summed E-state index contributed by atoms with van der Waals surface area (Å²) in [6, 6.07) is 0. The summed E-state index contributed by atoms with van der Waals surface area (Å²) in [5.41, 5.74) is 0. The van der Waals surface area contributed by atoms with E-state index < -0.39 is 18.6 Å². The molecular weight excluding hydrogens is 156 g/mol. The van der Waals surface area contributed by atoms with E-state index in [0.29, 0.717) is 0 Å². The highest BCUT2D eigenvalue weighted by molar-refractivity contribution is 5.66. The minimum atomic E-state index is -2.84. The van der Waals surface area contributed by atoms with E-state index in [9.17, 15) is 13.6 Å². The monoisotopic (exact) mass is 167 g/mol. The highest BCUT2D eigenvalue weighted by Crippen LogP contribution is 2.15. The van der Waals surface area contributed by atoms with E-state index in [1.54, 1.807) is 0 Å². The zero-order chi connectivity index (χ0) is 8.91. The Kier molecular flexibility index (Phi) is 3.78. The lowest BCUT2D eigenvalue weighted by molar-refractivity contribution is -0.00129. The first-order valence-corrected chi connectivity index (χ1v) is 3.21. The number of carbonyl (C=O) groups excluding carboxylic acids is 1. The predicted octanol–water partition coefficient (Wildman–Crippen LogP) is 1.39. The minimum absolute atomic E-state index is 0.295. The van der Waals surface area contributed by atoms with Crippen molar-refractivity contribution in [2.45, 2.75) is 19.3 Å². The van der Waals surface area contributed by atoms with Crippen LogP contribution in [0.5, 0.6) is 0 Å². The summed E-state index contributed by atoms with van der Waals surface area (Å²) in [7, 11) is 1.12. The molecule has 3 nitrogen and oxygen atoms in total. The fourth-order valence-electron chi connectivity index (χ4n) is 0.399. The van der Waals surface area contributed by atoms with Gasteiger partial charge in [0.1, 0.15) is 0 Å². The third-order valence-electron chi connectivity index (χ3n) is 1.19. The number of amides is 1. The molecule has 5 heteroatoms. The first-order valence-electron chi connectivity index (χ1n) is 3.21. The molecule has 0 heterocycles. The lowest BCUT2D eigenvalue weighted by Crippen LogP contribution is -2.35. The summed E-state index contributed by atoms with van der Waals surface area (Å²) in [6.45, 7) is 0.676. The number of alkyl halides is 2. The van der Waals surface area contributed by atoms with Gasteiger partial charge in [0.2, 0.25) is 0 Å². The van der Waals surface area contributed by atoms with Crippen LogP contribution in [0.3, 0.4) is 0 Å². The van der Waals surface area contributed by atoms with Crippen LogP contribution in [-0.2, 0) is 4.74 Å². The van der Waals surface area contributed by atoms with Crippen LogP contribution in [0.25, 0.3) is 0 Å². The molecule has 0 unspecified atom stereocenters. The molecule has 0 aliphatic heterocycles. The van der Waals surface area contributed by atoms with Crippen molar-refractivity contribution in [1.82, 2.24) is 5.32 Å². The van der Waals surface area contributed by atoms with E-state index in [1.807, 2.05) is 5.32 Å². The van der Waals surface area contributed by atoms with Crippen LogP contribution in [0, 0.1) is 0 Å². The van der Waals surface area contributed by atoms with E-state index in [1.165, 1.54) is 6.92 Å². The second-order valence-electron chi connectivity index (χ2n) is 2.05. The van der Waals surface area contributed by atoms with Crippen molar-refractivity contribution in [2.75, 3.05) is 13.7 Å². The molecule has 0 rings (SSSR count). The SMILES string of the molecule is CCC(F)(F)CNC(=O)OC. The van der Waals surface area contributed by atoms with Crippen LogP contribution in [-0.4, -0.2) is 25.7 Å². The minimum Gasteiger partial charge on any atom is -0.453 e. The maximum absolute atomic E-state index is 12.4. The number of hydrogen-bond acceptors (Lipinski definition) is 2. The molecule has 0 bridgehead atoms. The van der Waals surface area contributed by atoms with Gasteiger partial charge in [-0.2, -0.15) is 0 Å². The van der Waals surface area contributed by atoms with Gasteiger partial charge in [0, 0.05) is 6.42 Å². The Hall–Kier alpha value is -0.870. The van der Waals surface area contributed by atoms with Crippen LogP contribution >= 0.6 is 0 Å².